The minimum Gasteiger partial charge on any atom is -0.352 e. The van der Waals surface area contributed by atoms with Gasteiger partial charge in [0.15, 0.2) is 0 Å². The Labute approximate surface area is 301 Å². The molecule has 1 N–H and O–H groups in total. The molecule has 0 unspecified atom stereocenters. The maximum atomic E-state index is 14.7. The van der Waals surface area contributed by atoms with Gasteiger partial charge >= 0.3 is 0 Å². The predicted molar refractivity (Wildman–Crippen MR) is 194 cm³/mol. The smallest absolute Gasteiger partial charge is 0.264 e. The molecule has 1 aliphatic rings. The van der Waals surface area contributed by atoms with Crippen LogP contribution in [0.3, 0.4) is 0 Å². The number of amides is 2. The molecule has 0 aliphatic heterocycles. The van der Waals surface area contributed by atoms with Crippen LogP contribution in [-0.4, -0.2) is 43.8 Å². The van der Waals surface area contributed by atoms with Gasteiger partial charge in [-0.25, -0.2) is 8.42 Å². The van der Waals surface area contributed by atoms with Gasteiger partial charge in [0.25, 0.3) is 10.0 Å². The second-order valence-corrected chi connectivity index (χ2v) is 15.4. The number of hydrogen-bond donors (Lipinski definition) is 1. The van der Waals surface area contributed by atoms with Gasteiger partial charge in [0.1, 0.15) is 12.6 Å². The van der Waals surface area contributed by atoms with E-state index in [1.54, 1.807) is 30.3 Å². The number of hydrogen-bond acceptors (Lipinski definition) is 4. The summed E-state index contributed by atoms with van der Waals surface area (Å²) in [6.07, 6.45) is 3.90. The van der Waals surface area contributed by atoms with E-state index >= 15 is 0 Å². The standard InChI is InChI=1S/C36H35Cl4N3O4S/c1-24-11-16-30(17-12-24)48(46,47)43(29-15-18-31(38)33(40)21-29)23-35(44)42(22-26-13-14-27(37)20-32(26)39)34(19-25-7-3-2-4-8-25)36(45)41-28-9-5-6-10-28/h2-4,7-8,11-18,20-21,28,34H,5-6,9-10,19,22-23H2,1H3,(H,41,45)/t34-/m1/s1. The van der Waals surface area contributed by atoms with Gasteiger partial charge in [0.2, 0.25) is 11.8 Å². The van der Waals surface area contributed by atoms with Crippen LogP contribution in [0.15, 0.2) is 95.9 Å². The van der Waals surface area contributed by atoms with Crippen LogP contribution in [0.25, 0.3) is 0 Å². The summed E-state index contributed by atoms with van der Waals surface area (Å²) in [5.41, 5.74) is 2.38. The average molecular weight is 748 g/mol. The normalized spacial score (nSPS) is 14.0. The molecule has 1 aliphatic carbocycles. The van der Waals surface area contributed by atoms with Gasteiger partial charge in [-0.2, -0.15) is 0 Å². The summed E-state index contributed by atoms with van der Waals surface area (Å²) in [6.45, 7) is 1.13. The van der Waals surface area contributed by atoms with Crippen molar-refractivity contribution in [3.05, 3.63) is 128 Å². The molecule has 0 bridgehead atoms. The molecule has 7 nitrogen and oxygen atoms in total. The third-order valence-electron chi connectivity index (χ3n) is 8.41. The van der Waals surface area contributed by atoms with Crippen molar-refractivity contribution in [1.82, 2.24) is 10.2 Å². The summed E-state index contributed by atoms with van der Waals surface area (Å²) in [6, 6.07) is 24.0. The van der Waals surface area contributed by atoms with Gasteiger partial charge in [0, 0.05) is 29.1 Å². The highest BCUT2D eigenvalue weighted by Gasteiger charge is 2.36. The van der Waals surface area contributed by atoms with Gasteiger partial charge in [-0.15, -0.1) is 0 Å². The largest absolute Gasteiger partial charge is 0.352 e. The Balaban J connectivity index is 1.59. The zero-order chi connectivity index (χ0) is 34.4. The van der Waals surface area contributed by atoms with Gasteiger partial charge in [0.05, 0.1) is 20.6 Å². The van der Waals surface area contributed by atoms with E-state index < -0.39 is 28.5 Å². The van der Waals surface area contributed by atoms with Crippen molar-refractivity contribution in [2.75, 3.05) is 10.8 Å². The van der Waals surface area contributed by atoms with Crippen LogP contribution in [-0.2, 0) is 32.6 Å². The molecule has 4 aromatic carbocycles. The van der Waals surface area contributed by atoms with E-state index in [1.807, 2.05) is 37.3 Å². The SMILES string of the molecule is Cc1ccc(S(=O)(=O)N(CC(=O)N(Cc2ccc(Cl)cc2Cl)[C@H](Cc2ccccc2)C(=O)NC2CCCC2)c2ccc(Cl)c(Cl)c2)cc1. The van der Waals surface area contributed by atoms with Crippen molar-refractivity contribution in [2.45, 2.75) is 62.6 Å². The highest BCUT2D eigenvalue weighted by Crippen LogP contribution is 2.32. The maximum Gasteiger partial charge on any atom is 0.264 e. The number of anilines is 1. The lowest BCUT2D eigenvalue weighted by Crippen LogP contribution is -2.54. The van der Waals surface area contributed by atoms with E-state index in [0.717, 1.165) is 41.1 Å². The number of aryl methyl sites for hydroxylation is 1. The quantitative estimate of drug-likeness (QED) is 0.158. The first-order chi connectivity index (χ1) is 22.9. The van der Waals surface area contributed by atoms with Crippen molar-refractivity contribution in [3.8, 4) is 0 Å². The van der Waals surface area contributed by atoms with Gasteiger partial charge in [-0.3, -0.25) is 13.9 Å². The van der Waals surface area contributed by atoms with Crippen LogP contribution < -0.4 is 9.62 Å². The van der Waals surface area contributed by atoms with Crippen molar-refractivity contribution >= 4 is 73.9 Å². The minimum atomic E-state index is -4.30. The monoisotopic (exact) mass is 745 g/mol. The molecule has 48 heavy (non-hydrogen) atoms. The molecule has 0 saturated heterocycles. The fourth-order valence-corrected chi connectivity index (χ4v) is 7.93. The van der Waals surface area contributed by atoms with Crippen molar-refractivity contribution in [3.63, 3.8) is 0 Å². The highest BCUT2D eigenvalue weighted by atomic mass is 35.5. The van der Waals surface area contributed by atoms with E-state index in [0.29, 0.717) is 15.6 Å². The molecule has 0 radical (unpaired) electrons. The van der Waals surface area contributed by atoms with Crippen molar-refractivity contribution in [1.29, 1.82) is 0 Å². The Hall–Kier alpha value is -3.27. The van der Waals surface area contributed by atoms with Crippen LogP contribution in [0.5, 0.6) is 0 Å². The zero-order valence-electron chi connectivity index (χ0n) is 26.2. The lowest BCUT2D eigenvalue weighted by molar-refractivity contribution is -0.140. The molecule has 2 amide bonds. The number of carbonyl (C=O) groups is 2. The number of nitrogens with zero attached hydrogens (tertiary/aromatic N) is 2. The molecule has 5 rings (SSSR count). The molecular weight excluding hydrogens is 712 g/mol. The van der Waals surface area contributed by atoms with Gasteiger partial charge in [-0.05, 0) is 73.4 Å². The summed E-state index contributed by atoms with van der Waals surface area (Å²) >= 11 is 25.3. The molecule has 1 saturated carbocycles. The van der Waals surface area contributed by atoms with Crippen molar-refractivity contribution < 1.29 is 18.0 Å². The lowest BCUT2D eigenvalue weighted by atomic mass is 10.0. The van der Waals surface area contributed by atoms with Crippen LogP contribution in [0.4, 0.5) is 5.69 Å². The second-order valence-electron chi connectivity index (χ2n) is 11.9. The molecule has 0 spiro atoms. The Morgan fingerprint density at radius 2 is 1.52 bits per heavy atom. The van der Waals surface area contributed by atoms with Crippen LogP contribution >= 0.6 is 46.4 Å². The Morgan fingerprint density at radius 1 is 0.833 bits per heavy atom. The van der Waals surface area contributed by atoms with E-state index in [4.69, 9.17) is 46.4 Å². The second kappa shape index (κ2) is 16.0. The molecule has 0 heterocycles. The first kappa shape index (κ1) is 36.0. The number of halogens is 4. The minimum absolute atomic E-state index is 0.0125. The summed E-state index contributed by atoms with van der Waals surface area (Å²) in [5.74, 6) is -0.947. The Morgan fingerprint density at radius 3 is 2.17 bits per heavy atom. The molecule has 4 aromatic rings. The zero-order valence-corrected chi connectivity index (χ0v) is 30.1. The summed E-state index contributed by atoms with van der Waals surface area (Å²) in [5, 5.41) is 4.22. The topological polar surface area (TPSA) is 86.8 Å². The number of carbonyl (C=O) groups excluding carboxylic acids is 2. The molecule has 252 valence electrons. The number of rotatable bonds is 12. The third-order valence-corrected chi connectivity index (χ3v) is 11.5. The fourth-order valence-electron chi connectivity index (χ4n) is 5.76. The first-order valence-corrected chi connectivity index (χ1v) is 18.5. The summed E-state index contributed by atoms with van der Waals surface area (Å²) in [7, 11) is -4.30. The highest BCUT2D eigenvalue weighted by molar-refractivity contribution is 7.92. The van der Waals surface area contributed by atoms with Gasteiger partial charge in [-0.1, -0.05) is 113 Å². The third kappa shape index (κ3) is 8.84. The maximum absolute atomic E-state index is 14.7. The molecule has 12 heteroatoms. The lowest BCUT2D eigenvalue weighted by Gasteiger charge is -2.34. The first-order valence-electron chi connectivity index (χ1n) is 15.5. The molecule has 1 atom stereocenters. The van der Waals surface area contributed by atoms with Crippen LogP contribution in [0.2, 0.25) is 20.1 Å². The summed E-state index contributed by atoms with van der Waals surface area (Å²) < 4.78 is 29.5. The number of nitrogens with one attached hydrogen (secondary N) is 1. The van der Waals surface area contributed by atoms with E-state index in [-0.39, 0.29) is 45.5 Å². The van der Waals surface area contributed by atoms with Crippen molar-refractivity contribution in [2.24, 2.45) is 0 Å². The van der Waals surface area contributed by atoms with Gasteiger partial charge < -0.3 is 10.2 Å². The van der Waals surface area contributed by atoms with E-state index in [2.05, 4.69) is 5.32 Å². The number of benzene rings is 4. The summed E-state index contributed by atoms with van der Waals surface area (Å²) in [4.78, 5) is 30.2. The number of sulfonamides is 1. The van der Waals surface area contributed by atoms with Crippen LogP contribution in [0.1, 0.15) is 42.4 Å². The van der Waals surface area contributed by atoms with E-state index in [1.165, 1.54) is 35.2 Å². The Kier molecular flexibility index (Phi) is 12.0. The van der Waals surface area contributed by atoms with Crippen LogP contribution in [0, 0.1) is 6.92 Å². The molecular formula is C36H35Cl4N3O4S. The average Bonchev–Trinajstić information content (AvgIpc) is 3.57. The Bertz CT molecular complexity index is 1870. The predicted octanol–water partition coefficient (Wildman–Crippen LogP) is 8.50. The molecule has 1 fully saturated rings. The fraction of sp³-hybridized carbons (Fsp3) is 0.278. The van der Waals surface area contributed by atoms with E-state index in [9.17, 15) is 18.0 Å². The molecule has 0 aromatic heterocycles.